The van der Waals surface area contributed by atoms with E-state index in [0.29, 0.717) is 11.9 Å². The van der Waals surface area contributed by atoms with E-state index in [1.807, 2.05) is 6.20 Å². The quantitative estimate of drug-likeness (QED) is 0.298. The van der Waals surface area contributed by atoms with E-state index in [1.54, 1.807) is 0 Å². The van der Waals surface area contributed by atoms with E-state index in [2.05, 4.69) is 99.0 Å². The molecule has 33 heavy (non-hydrogen) atoms. The lowest BCUT2D eigenvalue weighted by molar-refractivity contribution is 0.727. The third-order valence-electron chi connectivity index (χ3n) is 6.88. The fourth-order valence-electron chi connectivity index (χ4n) is 4.88. The Morgan fingerprint density at radius 3 is 2.61 bits per heavy atom. The number of aromatic nitrogens is 2. The fraction of sp³-hybridized carbons (Fsp3) is 0.241. The molecule has 4 aromatic rings. The Morgan fingerprint density at radius 2 is 1.79 bits per heavy atom. The third kappa shape index (κ3) is 4.45. The summed E-state index contributed by atoms with van der Waals surface area (Å²) in [5.41, 5.74) is 8.51. The molecule has 2 aliphatic carbocycles. The first-order valence-electron chi connectivity index (χ1n) is 11.8. The van der Waals surface area contributed by atoms with Crippen LogP contribution in [0.15, 0.2) is 83.5 Å². The Labute approximate surface area is 203 Å². The van der Waals surface area contributed by atoms with Gasteiger partial charge >= 0.3 is 0 Å². The molecule has 1 atom stereocenters. The van der Waals surface area contributed by atoms with Crippen molar-refractivity contribution in [2.24, 2.45) is 5.92 Å². The summed E-state index contributed by atoms with van der Waals surface area (Å²) in [7, 11) is 0. The number of hydrogen-bond donors (Lipinski definition) is 1. The van der Waals surface area contributed by atoms with Crippen LogP contribution in [0.5, 0.6) is 0 Å². The lowest BCUT2D eigenvalue weighted by Gasteiger charge is -2.27. The van der Waals surface area contributed by atoms with Gasteiger partial charge in [-0.25, -0.2) is 9.97 Å². The number of benzene rings is 3. The Morgan fingerprint density at radius 1 is 0.939 bits per heavy atom. The molecule has 1 heterocycles. The van der Waals surface area contributed by atoms with Crippen molar-refractivity contribution in [2.75, 3.05) is 5.32 Å². The molecule has 0 amide bonds. The fourth-order valence-corrected chi connectivity index (χ4v) is 5.29. The van der Waals surface area contributed by atoms with E-state index in [1.165, 1.54) is 53.5 Å². The molecule has 164 valence electrons. The normalized spacial score (nSPS) is 16.7. The topological polar surface area (TPSA) is 37.8 Å². The van der Waals surface area contributed by atoms with Crippen LogP contribution in [0.2, 0.25) is 0 Å². The van der Waals surface area contributed by atoms with Crippen molar-refractivity contribution >= 4 is 27.6 Å². The zero-order valence-corrected chi connectivity index (χ0v) is 20.1. The maximum Gasteiger partial charge on any atom is 0.227 e. The predicted molar refractivity (Wildman–Crippen MR) is 138 cm³/mol. The standard InChI is InChI=1S/C29H26BrN3/c30-23-5-3-4-21(16-23)27-17-22-18-31-29(33-28(22)26-7-2-1-6-25(26)27)32-24-14-12-20(13-15-24)11-10-19-8-9-19/h1-7,12-16,18-19,27H,8-11,17H2,(H,31,32,33). The van der Waals surface area contributed by atoms with Gasteiger partial charge in [-0.1, -0.05) is 77.3 Å². The first-order chi connectivity index (χ1) is 16.2. The summed E-state index contributed by atoms with van der Waals surface area (Å²) in [6.07, 6.45) is 8.23. The van der Waals surface area contributed by atoms with Crippen LogP contribution in [0, 0.1) is 5.92 Å². The molecule has 1 unspecified atom stereocenters. The summed E-state index contributed by atoms with van der Waals surface area (Å²) in [5.74, 6) is 1.92. The Kier molecular flexibility index (Phi) is 5.47. The van der Waals surface area contributed by atoms with Gasteiger partial charge in [0, 0.05) is 27.8 Å². The van der Waals surface area contributed by atoms with E-state index in [9.17, 15) is 0 Å². The smallest absolute Gasteiger partial charge is 0.227 e. The number of aryl methyl sites for hydroxylation is 1. The second kappa shape index (κ2) is 8.75. The molecule has 1 saturated carbocycles. The molecule has 0 aliphatic heterocycles. The number of rotatable bonds is 6. The second-order valence-corrected chi connectivity index (χ2v) is 10.2. The summed E-state index contributed by atoms with van der Waals surface area (Å²) in [4.78, 5) is 9.62. The van der Waals surface area contributed by atoms with Crippen molar-refractivity contribution in [3.63, 3.8) is 0 Å². The lowest BCUT2D eigenvalue weighted by atomic mass is 9.78. The number of nitrogens with zero attached hydrogens (tertiary/aromatic N) is 2. The summed E-state index contributed by atoms with van der Waals surface area (Å²) >= 11 is 3.63. The van der Waals surface area contributed by atoms with E-state index < -0.39 is 0 Å². The first-order valence-corrected chi connectivity index (χ1v) is 12.6. The van der Waals surface area contributed by atoms with E-state index in [-0.39, 0.29) is 0 Å². The van der Waals surface area contributed by atoms with Crippen LogP contribution in [0.25, 0.3) is 11.3 Å². The zero-order chi connectivity index (χ0) is 22.2. The average molecular weight is 496 g/mol. The van der Waals surface area contributed by atoms with Gasteiger partial charge < -0.3 is 5.32 Å². The minimum atomic E-state index is 0.303. The molecule has 0 saturated heterocycles. The molecule has 1 N–H and O–H groups in total. The number of hydrogen-bond acceptors (Lipinski definition) is 3. The minimum Gasteiger partial charge on any atom is -0.324 e. The highest BCUT2D eigenvalue weighted by atomic mass is 79.9. The van der Waals surface area contributed by atoms with Gasteiger partial charge in [0.1, 0.15) is 0 Å². The minimum absolute atomic E-state index is 0.303. The number of halogens is 1. The predicted octanol–water partition coefficient (Wildman–Crippen LogP) is 7.68. The summed E-state index contributed by atoms with van der Waals surface area (Å²) < 4.78 is 1.11. The Bertz CT molecular complexity index is 1290. The van der Waals surface area contributed by atoms with Crippen LogP contribution in [-0.4, -0.2) is 9.97 Å². The second-order valence-electron chi connectivity index (χ2n) is 9.27. The Balaban J connectivity index is 1.26. The van der Waals surface area contributed by atoms with Crippen molar-refractivity contribution < 1.29 is 0 Å². The van der Waals surface area contributed by atoms with Gasteiger partial charge in [-0.05, 0) is 71.7 Å². The van der Waals surface area contributed by atoms with Gasteiger partial charge in [0.25, 0.3) is 0 Å². The Hall–Kier alpha value is -2.98. The zero-order valence-electron chi connectivity index (χ0n) is 18.5. The van der Waals surface area contributed by atoms with Crippen LogP contribution in [0.1, 0.15) is 47.4 Å². The van der Waals surface area contributed by atoms with Crippen molar-refractivity contribution in [2.45, 2.75) is 38.0 Å². The largest absolute Gasteiger partial charge is 0.324 e. The summed E-state index contributed by atoms with van der Waals surface area (Å²) in [6, 6.07) is 26.0. The van der Waals surface area contributed by atoms with Crippen molar-refractivity contribution in [1.82, 2.24) is 9.97 Å². The average Bonchev–Trinajstić information content (AvgIpc) is 3.68. The highest BCUT2D eigenvalue weighted by molar-refractivity contribution is 9.10. The van der Waals surface area contributed by atoms with Gasteiger partial charge in [-0.3, -0.25) is 0 Å². The number of nitrogens with one attached hydrogen (secondary N) is 1. The summed E-state index contributed by atoms with van der Waals surface area (Å²) in [6.45, 7) is 0. The third-order valence-corrected chi connectivity index (χ3v) is 7.37. The molecule has 2 aliphatic rings. The molecule has 1 aromatic heterocycles. The van der Waals surface area contributed by atoms with Crippen LogP contribution >= 0.6 is 15.9 Å². The van der Waals surface area contributed by atoms with Crippen molar-refractivity contribution in [3.05, 3.63) is 106 Å². The first kappa shape index (κ1) is 20.6. The molecular formula is C29H26BrN3. The van der Waals surface area contributed by atoms with Gasteiger partial charge in [0.15, 0.2) is 0 Å². The van der Waals surface area contributed by atoms with Crippen LogP contribution < -0.4 is 5.32 Å². The molecule has 3 aromatic carbocycles. The van der Waals surface area contributed by atoms with E-state index >= 15 is 0 Å². The maximum absolute atomic E-state index is 4.95. The summed E-state index contributed by atoms with van der Waals surface area (Å²) in [5, 5.41) is 3.41. The van der Waals surface area contributed by atoms with E-state index in [4.69, 9.17) is 4.98 Å². The molecular weight excluding hydrogens is 470 g/mol. The highest BCUT2D eigenvalue weighted by Gasteiger charge is 2.27. The number of anilines is 2. The molecule has 0 spiro atoms. The van der Waals surface area contributed by atoms with Crippen LogP contribution in [0.4, 0.5) is 11.6 Å². The van der Waals surface area contributed by atoms with Gasteiger partial charge in [-0.15, -0.1) is 0 Å². The molecule has 0 bridgehead atoms. The molecule has 4 heteroatoms. The SMILES string of the molecule is Brc1cccc(C2Cc3cnc(Nc4ccc(CCC5CC5)cc4)nc3-c3ccccc32)c1. The highest BCUT2D eigenvalue weighted by Crippen LogP contribution is 2.42. The molecule has 0 radical (unpaired) electrons. The van der Waals surface area contributed by atoms with Gasteiger partial charge in [-0.2, -0.15) is 0 Å². The van der Waals surface area contributed by atoms with Gasteiger partial charge in [0.2, 0.25) is 5.95 Å². The van der Waals surface area contributed by atoms with Crippen LogP contribution in [-0.2, 0) is 12.8 Å². The molecule has 6 rings (SSSR count). The lowest BCUT2D eigenvalue weighted by Crippen LogP contribution is -2.15. The van der Waals surface area contributed by atoms with Crippen LogP contribution in [0.3, 0.4) is 0 Å². The van der Waals surface area contributed by atoms with Crippen molar-refractivity contribution in [3.8, 4) is 11.3 Å². The van der Waals surface area contributed by atoms with Gasteiger partial charge in [0.05, 0.1) is 5.69 Å². The maximum atomic E-state index is 4.95. The number of fused-ring (bicyclic) bond motifs is 3. The molecule has 1 fully saturated rings. The monoisotopic (exact) mass is 495 g/mol. The van der Waals surface area contributed by atoms with Crippen molar-refractivity contribution in [1.29, 1.82) is 0 Å². The van der Waals surface area contributed by atoms with E-state index in [0.717, 1.165) is 28.2 Å². The molecule has 3 nitrogen and oxygen atoms in total.